The molecule has 0 spiro atoms. The predicted molar refractivity (Wildman–Crippen MR) is 118 cm³/mol. The standard InChI is InChI=1S/C21H19N3O7S/c1-3-31-16-9-13(8-15(19(16)26)24(29)30)10-17-20(27)23(21(28)32-17)11-18(25)22-14-6-4-5-12(2)7-14/h4-10,26H,3,11H2,1-2H3,(H,22,25)/b17-10-. The van der Waals surface area contributed by atoms with Crippen molar-refractivity contribution < 1.29 is 29.2 Å². The fraction of sp³-hybridized carbons (Fsp3) is 0.190. The highest BCUT2D eigenvalue weighted by Gasteiger charge is 2.36. The largest absolute Gasteiger partial charge is 0.500 e. The van der Waals surface area contributed by atoms with Gasteiger partial charge in [-0.05, 0) is 61.0 Å². The SMILES string of the molecule is CCOc1cc(/C=C2\SC(=O)N(CC(=O)Nc3cccc(C)c3)C2=O)cc([N+](=O)[O-])c1O. The highest BCUT2D eigenvalue weighted by Crippen LogP contribution is 2.39. The van der Waals surface area contributed by atoms with Gasteiger partial charge < -0.3 is 15.2 Å². The number of phenols is 1. The van der Waals surface area contributed by atoms with Crippen molar-refractivity contribution in [1.29, 1.82) is 0 Å². The molecular weight excluding hydrogens is 438 g/mol. The van der Waals surface area contributed by atoms with E-state index in [2.05, 4.69) is 5.32 Å². The van der Waals surface area contributed by atoms with E-state index in [1.165, 1.54) is 12.1 Å². The van der Waals surface area contributed by atoms with E-state index in [-0.39, 0.29) is 22.8 Å². The van der Waals surface area contributed by atoms with Crippen molar-refractivity contribution in [3.05, 3.63) is 62.5 Å². The maximum Gasteiger partial charge on any atom is 0.315 e. The van der Waals surface area contributed by atoms with Gasteiger partial charge in [0, 0.05) is 11.8 Å². The third kappa shape index (κ3) is 5.06. The number of amides is 3. The van der Waals surface area contributed by atoms with Crippen molar-refractivity contribution >= 4 is 46.3 Å². The van der Waals surface area contributed by atoms with Crippen LogP contribution in [-0.2, 0) is 9.59 Å². The molecule has 0 atom stereocenters. The number of aromatic hydroxyl groups is 1. The lowest BCUT2D eigenvalue weighted by atomic mass is 10.1. The Bertz CT molecular complexity index is 1150. The van der Waals surface area contributed by atoms with Gasteiger partial charge in [-0.2, -0.15) is 0 Å². The lowest BCUT2D eigenvalue weighted by Crippen LogP contribution is -2.36. The topological polar surface area (TPSA) is 139 Å². The van der Waals surface area contributed by atoms with Gasteiger partial charge in [-0.1, -0.05) is 12.1 Å². The monoisotopic (exact) mass is 457 g/mol. The second-order valence-electron chi connectivity index (χ2n) is 6.76. The van der Waals surface area contributed by atoms with E-state index >= 15 is 0 Å². The van der Waals surface area contributed by atoms with Crippen molar-refractivity contribution in [2.24, 2.45) is 0 Å². The van der Waals surface area contributed by atoms with Gasteiger partial charge >= 0.3 is 5.69 Å². The van der Waals surface area contributed by atoms with E-state index in [9.17, 15) is 29.6 Å². The number of rotatable bonds is 7. The molecule has 0 aliphatic carbocycles. The lowest BCUT2D eigenvalue weighted by molar-refractivity contribution is -0.386. The quantitative estimate of drug-likeness (QED) is 0.365. The van der Waals surface area contributed by atoms with Crippen LogP contribution < -0.4 is 10.1 Å². The molecule has 1 fully saturated rings. The van der Waals surface area contributed by atoms with E-state index < -0.39 is 40.0 Å². The minimum absolute atomic E-state index is 0.0132. The molecule has 1 aliphatic heterocycles. The van der Waals surface area contributed by atoms with Gasteiger partial charge in [0.1, 0.15) is 6.54 Å². The van der Waals surface area contributed by atoms with Gasteiger partial charge in [0.05, 0.1) is 16.4 Å². The van der Waals surface area contributed by atoms with Crippen molar-refractivity contribution in [1.82, 2.24) is 4.90 Å². The normalized spacial score (nSPS) is 14.7. The summed E-state index contributed by atoms with van der Waals surface area (Å²) in [5, 5.41) is 23.2. The number of ether oxygens (including phenoxy) is 1. The summed E-state index contributed by atoms with van der Waals surface area (Å²) in [5.74, 6) is -1.99. The maximum atomic E-state index is 12.7. The van der Waals surface area contributed by atoms with Crippen molar-refractivity contribution in [2.45, 2.75) is 13.8 Å². The number of hydrogen-bond donors (Lipinski definition) is 2. The van der Waals surface area contributed by atoms with Crippen molar-refractivity contribution in [3.63, 3.8) is 0 Å². The third-order valence-electron chi connectivity index (χ3n) is 4.35. The summed E-state index contributed by atoms with van der Waals surface area (Å²) in [5.41, 5.74) is 1.07. The summed E-state index contributed by atoms with van der Waals surface area (Å²) < 4.78 is 5.21. The second-order valence-corrected chi connectivity index (χ2v) is 7.76. The van der Waals surface area contributed by atoms with Crippen LogP contribution in [0.15, 0.2) is 41.3 Å². The van der Waals surface area contributed by atoms with Crippen LogP contribution in [0, 0.1) is 17.0 Å². The van der Waals surface area contributed by atoms with Crippen LogP contribution in [0.5, 0.6) is 11.5 Å². The Hall–Kier alpha value is -3.86. The molecular formula is C21H19N3O7S. The molecule has 0 bridgehead atoms. The first kappa shape index (κ1) is 22.8. The van der Waals surface area contributed by atoms with Crippen LogP contribution in [0.4, 0.5) is 16.2 Å². The Morgan fingerprint density at radius 1 is 1.31 bits per heavy atom. The zero-order valence-corrected chi connectivity index (χ0v) is 18.0. The number of imide groups is 1. The molecule has 0 aromatic heterocycles. The number of carbonyl (C=O) groups is 3. The first-order chi connectivity index (χ1) is 15.2. The Kier molecular flexibility index (Phi) is 6.79. The molecule has 166 valence electrons. The molecule has 2 N–H and O–H groups in total. The first-order valence-corrected chi connectivity index (χ1v) is 10.3. The number of nitrogens with zero attached hydrogens (tertiary/aromatic N) is 2. The molecule has 10 nitrogen and oxygen atoms in total. The zero-order valence-electron chi connectivity index (χ0n) is 17.2. The number of anilines is 1. The average molecular weight is 457 g/mol. The zero-order chi connectivity index (χ0) is 23.4. The second kappa shape index (κ2) is 9.52. The first-order valence-electron chi connectivity index (χ1n) is 9.45. The molecule has 2 aromatic carbocycles. The van der Waals surface area contributed by atoms with Crippen molar-refractivity contribution in [2.75, 3.05) is 18.5 Å². The lowest BCUT2D eigenvalue weighted by Gasteiger charge is -2.12. The minimum Gasteiger partial charge on any atom is -0.500 e. The van der Waals surface area contributed by atoms with Gasteiger partial charge in [0.2, 0.25) is 11.7 Å². The van der Waals surface area contributed by atoms with E-state index in [0.29, 0.717) is 17.4 Å². The summed E-state index contributed by atoms with van der Waals surface area (Å²) in [7, 11) is 0. The summed E-state index contributed by atoms with van der Waals surface area (Å²) >= 11 is 0.610. The number of carbonyl (C=O) groups excluding carboxylic acids is 3. The smallest absolute Gasteiger partial charge is 0.315 e. The van der Waals surface area contributed by atoms with Gasteiger partial charge in [-0.3, -0.25) is 29.4 Å². The number of nitrogens with one attached hydrogen (secondary N) is 1. The summed E-state index contributed by atoms with van der Waals surface area (Å²) in [4.78, 5) is 48.5. The highest BCUT2D eigenvalue weighted by atomic mass is 32.2. The van der Waals surface area contributed by atoms with Crippen LogP contribution in [0.25, 0.3) is 6.08 Å². The molecule has 32 heavy (non-hydrogen) atoms. The summed E-state index contributed by atoms with van der Waals surface area (Å²) in [6.07, 6.45) is 1.28. The fourth-order valence-corrected chi connectivity index (χ4v) is 3.79. The molecule has 0 radical (unpaired) electrons. The Morgan fingerprint density at radius 3 is 2.72 bits per heavy atom. The molecule has 0 unspecified atom stereocenters. The van der Waals surface area contributed by atoms with Crippen LogP contribution in [-0.4, -0.2) is 45.1 Å². The minimum atomic E-state index is -0.781. The van der Waals surface area contributed by atoms with E-state index in [0.717, 1.165) is 16.5 Å². The van der Waals surface area contributed by atoms with Crippen molar-refractivity contribution in [3.8, 4) is 11.5 Å². The van der Waals surface area contributed by atoms with Gasteiger partial charge in [-0.25, -0.2) is 0 Å². The highest BCUT2D eigenvalue weighted by molar-refractivity contribution is 8.18. The maximum absolute atomic E-state index is 12.7. The number of thioether (sulfide) groups is 1. The van der Waals surface area contributed by atoms with E-state index in [1.54, 1.807) is 25.1 Å². The molecule has 11 heteroatoms. The van der Waals surface area contributed by atoms with E-state index in [1.807, 2.05) is 13.0 Å². The summed E-state index contributed by atoms with van der Waals surface area (Å²) in [6, 6.07) is 9.45. The Balaban J connectivity index is 1.80. The number of nitro benzene ring substituents is 1. The molecule has 3 amide bonds. The van der Waals surface area contributed by atoms with Gasteiger partial charge in [0.25, 0.3) is 11.1 Å². The fourth-order valence-electron chi connectivity index (χ4n) is 2.96. The van der Waals surface area contributed by atoms with Crippen LogP contribution in [0.3, 0.4) is 0 Å². The number of nitro groups is 1. The Labute approximate surface area is 187 Å². The number of phenolic OH excluding ortho intramolecular Hbond substituents is 1. The number of aryl methyl sites for hydroxylation is 1. The molecule has 1 heterocycles. The van der Waals surface area contributed by atoms with Gasteiger partial charge in [-0.15, -0.1) is 0 Å². The Morgan fingerprint density at radius 2 is 2.06 bits per heavy atom. The van der Waals surface area contributed by atoms with Crippen LogP contribution in [0.1, 0.15) is 18.1 Å². The predicted octanol–water partition coefficient (Wildman–Crippen LogP) is 3.68. The van der Waals surface area contributed by atoms with Gasteiger partial charge in [0.15, 0.2) is 5.75 Å². The van der Waals surface area contributed by atoms with Crippen LogP contribution >= 0.6 is 11.8 Å². The molecule has 1 saturated heterocycles. The number of benzene rings is 2. The van der Waals surface area contributed by atoms with E-state index in [4.69, 9.17) is 4.74 Å². The summed E-state index contributed by atoms with van der Waals surface area (Å²) in [6.45, 7) is 3.18. The molecule has 3 rings (SSSR count). The molecule has 0 saturated carbocycles. The average Bonchev–Trinajstić information content (AvgIpc) is 2.97. The molecule has 1 aliphatic rings. The van der Waals surface area contributed by atoms with Crippen LogP contribution in [0.2, 0.25) is 0 Å². The number of hydrogen-bond acceptors (Lipinski definition) is 8. The molecule has 2 aromatic rings. The third-order valence-corrected chi connectivity index (χ3v) is 5.26.